The Morgan fingerprint density at radius 3 is 1.75 bits per heavy atom. The highest BCUT2D eigenvalue weighted by Gasteiger charge is 2.19. The summed E-state index contributed by atoms with van der Waals surface area (Å²) in [5, 5.41) is 30.4. The number of phenols is 3. The van der Waals surface area contributed by atoms with Crippen LogP contribution < -0.4 is 9.64 Å². The molecular weight excluding hydrogens is 402 g/mol. The molecule has 4 aromatic carbocycles. The number of hydrogen-bond donors (Lipinski definition) is 3. The molecule has 0 radical (unpaired) electrons. The largest absolute Gasteiger partial charge is 0.508 e. The number of anilines is 3. The van der Waals surface area contributed by atoms with E-state index in [1.165, 1.54) is 0 Å². The van der Waals surface area contributed by atoms with Crippen LogP contribution in [0.2, 0.25) is 0 Å². The van der Waals surface area contributed by atoms with Gasteiger partial charge in [-0.1, -0.05) is 18.2 Å². The molecule has 0 aliphatic heterocycles. The van der Waals surface area contributed by atoms with Gasteiger partial charge in [-0.15, -0.1) is 0 Å². The molecule has 5 nitrogen and oxygen atoms in total. The van der Waals surface area contributed by atoms with Crippen LogP contribution in [0, 0.1) is 20.8 Å². The zero-order valence-electron chi connectivity index (χ0n) is 18.2. The van der Waals surface area contributed by atoms with Gasteiger partial charge >= 0.3 is 0 Å². The lowest BCUT2D eigenvalue weighted by atomic mass is 10.1. The molecule has 0 spiro atoms. The quantitative estimate of drug-likeness (QED) is 0.320. The zero-order valence-corrected chi connectivity index (χ0v) is 18.2. The molecule has 0 saturated heterocycles. The molecule has 0 saturated carbocycles. The normalized spacial score (nSPS) is 10.7. The molecule has 4 aromatic rings. The smallest absolute Gasteiger partial charge is 0.169 e. The number of hydrogen-bond acceptors (Lipinski definition) is 5. The summed E-state index contributed by atoms with van der Waals surface area (Å²) in [5.41, 5.74) is 4.80. The molecule has 0 atom stereocenters. The van der Waals surface area contributed by atoms with Crippen molar-refractivity contribution in [3.05, 3.63) is 95.6 Å². The minimum atomic E-state index is 0.0536. The van der Waals surface area contributed by atoms with Crippen LogP contribution in [0.15, 0.2) is 78.9 Å². The lowest BCUT2D eigenvalue weighted by Crippen LogP contribution is -2.11. The molecule has 0 unspecified atom stereocenters. The highest BCUT2D eigenvalue weighted by molar-refractivity contribution is 5.81. The molecule has 0 bridgehead atoms. The van der Waals surface area contributed by atoms with Gasteiger partial charge in [-0.3, -0.25) is 0 Å². The Hall–Kier alpha value is -4.12. The van der Waals surface area contributed by atoms with Crippen LogP contribution >= 0.6 is 0 Å². The highest BCUT2D eigenvalue weighted by Crippen LogP contribution is 2.44. The number of ether oxygens (including phenoxy) is 1. The highest BCUT2D eigenvalue weighted by atomic mass is 16.5. The van der Waals surface area contributed by atoms with E-state index in [1.54, 1.807) is 24.3 Å². The van der Waals surface area contributed by atoms with Gasteiger partial charge in [-0.05, 0) is 98.1 Å². The second-order valence-corrected chi connectivity index (χ2v) is 7.82. The number of rotatable bonds is 5. The van der Waals surface area contributed by atoms with Crippen molar-refractivity contribution >= 4 is 17.1 Å². The average molecular weight is 428 g/mol. The minimum absolute atomic E-state index is 0.0536. The van der Waals surface area contributed by atoms with Gasteiger partial charge in [-0.2, -0.15) is 0 Å². The second kappa shape index (κ2) is 8.55. The first kappa shape index (κ1) is 21.1. The molecule has 4 rings (SSSR count). The van der Waals surface area contributed by atoms with Gasteiger partial charge in [0, 0.05) is 11.4 Å². The van der Waals surface area contributed by atoms with Gasteiger partial charge in [0.2, 0.25) is 0 Å². The summed E-state index contributed by atoms with van der Waals surface area (Å²) in [6.45, 7) is 5.61. The summed E-state index contributed by atoms with van der Waals surface area (Å²) in [5.74, 6) is 1.39. The van der Waals surface area contributed by atoms with Crippen molar-refractivity contribution in [1.82, 2.24) is 0 Å². The third-order valence-electron chi connectivity index (χ3n) is 5.32. The summed E-state index contributed by atoms with van der Waals surface area (Å²) in [7, 11) is 0. The maximum Gasteiger partial charge on any atom is 0.169 e. The van der Waals surface area contributed by atoms with Gasteiger partial charge in [-0.25, -0.2) is 0 Å². The third-order valence-corrected chi connectivity index (χ3v) is 5.32. The number of aromatic hydroxyl groups is 3. The molecule has 32 heavy (non-hydrogen) atoms. The van der Waals surface area contributed by atoms with Crippen LogP contribution in [-0.2, 0) is 0 Å². The van der Waals surface area contributed by atoms with Crippen molar-refractivity contribution in [3.8, 4) is 28.7 Å². The zero-order chi connectivity index (χ0) is 22.8. The third kappa shape index (κ3) is 4.18. The van der Waals surface area contributed by atoms with Crippen molar-refractivity contribution in [2.75, 3.05) is 4.90 Å². The minimum Gasteiger partial charge on any atom is -0.508 e. The van der Waals surface area contributed by atoms with Crippen LogP contribution in [-0.4, -0.2) is 15.3 Å². The molecule has 162 valence electrons. The van der Waals surface area contributed by atoms with E-state index in [0.29, 0.717) is 11.5 Å². The average Bonchev–Trinajstić information content (AvgIpc) is 2.77. The first-order valence-electron chi connectivity index (χ1n) is 10.3. The summed E-state index contributed by atoms with van der Waals surface area (Å²) < 4.78 is 6.16. The van der Waals surface area contributed by atoms with Crippen LogP contribution in [0.3, 0.4) is 0 Å². The fourth-order valence-corrected chi connectivity index (χ4v) is 3.53. The lowest BCUT2D eigenvalue weighted by molar-refractivity contribution is 0.411. The molecule has 0 aliphatic rings. The Morgan fingerprint density at radius 2 is 1.16 bits per heavy atom. The van der Waals surface area contributed by atoms with Crippen molar-refractivity contribution in [2.45, 2.75) is 20.8 Å². The van der Waals surface area contributed by atoms with Gasteiger partial charge < -0.3 is 25.0 Å². The van der Waals surface area contributed by atoms with Crippen LogP contribution in [0.4, 0.5) is 17.1 Å². The first-order chi connectivity index (χ1) is 15.3. The molecule has 0 heterocycles. The lowest BCUT2D eigenvalue weighted by Gasteiger charge is -2.28. The summed E-state index contributed by atoms with van der Waals surface area (Å²) in [6, 6.07) is 23.5. The maximum atomic E-state index is 10.3. The number of aryl methyl sites for hydroxylation is 3. The Morgan fingerprint density at radius 1 is 0.594 bits per heavy atom. The molecule has 0 aliphatic carbocycles. The van der Waals surface area contributed by atoms with Crippen LogP contribution in [0.1, 0.15) is 16.7 Å². The number of para-hydroxylation sites is 2. The summed E-state index contributed by atoms with van der Waals surface area (Å²) in [6.07, 6.45) is 0. The Labute approximate surface area is 187 Å². The van der Waals surface area contributed by atoms with E-state index in [4.69, 9.17) is 4.74 Å². The van der Waals surface area contributed by atoms with E-state index in [9.17, 15) is 15.3 Å². The van der Waals surface area contributed by atoms with E-state index in [2.05, 4.69) is 0 Å². The topological polar surface area (TPSA) is 73.2 Å². The molecule has 3 N–H and O–H groups in total. The van der Waals surface area contributed by atoms with E-state index in [1.807, 2.05) is 80.3 Å². The molecular formula is C27H25NO4. The molecule has 0 fully saturated rings. The molecule has 5 heteroatoms. The fourth-order valence-electron chi connectivity index (χ4n) is 3.53. The summed E-state index contributed by atoms with van der Waals surface area (Å²) in [4.78, 5) is 1.99. The van der Waals surface area contributed by atoms with Crippen molar-refractivity contribution in [1.29, 1.82) is 0 Å². The van der Waals surface area contributed by atoms with Gasteiger partial charge in [0.05, 0.1) is 5.69 Å². The molecule has 0 aromatic heterocycles. The van der Waals surface area contributed by atoms with Crippen molar-refractivity contribution < 1.29 is 20.1 Å². The SMILES string of the molecule is Cc1ccc(O)c(Oc2ccccc2N(c2ccc(O)c(C)c2)c2ccc(O)c(C)c2)c1. The number of nitrogens with zero attached hydrogens (tertiary/aromatic N) is 1. The predicted octanol–water partition coefficient (Wildman–Crippen LogP) is 6.99. The van der Waals surface area contributed by atoms with E-state index >= 15 is 0 Å². The monoisotopic (exact) mass is 427 g/mol. The van der Waals surface area contributed by atoms with Gasteiger partial charge in [0.25, 0.3) is 0 Å². The van der Waals surface area contributed by atoms with Crippen LogP contribution in [0.25, 0.3) is 0 Å². The number of benzene rings is 4. The van der Waals surface area contributed by atoms with Gasteiger partial charge in [0.1, 0.15) is 11.5 Å². The van der Waals surface area contributed by atoms with Gasteiger partial charge in [0.15, 0.2) is 17.2 Å². The molecule has 0 amide bonds. The van der Waals surface area contributed by atoms with E-state index in [0.717, 1.165) is 33.8 Å². The second-order valence-electron chi connectivity index (χ2n) is 7.82. The fraction of sp³-hybridized carbons (Fsp3) is 0.111. The first-order valence-corrected chi connectivity index (χ1v) is 10.3. The Balaban J connectivity index is 1.89. The van der Waals surface area contributed by atoms with Crippen molar-refractivity contribution in [3.63, 3.8) is 0 Å². The van der Waals surface area contributed by atoms with E-state index < -0.39 is 0 Å². The number of phenolic OH excluding ortho intramolecular Hbond substituents is 3. The Bertz CT molecular complexity index is 1230. The van der Waals surface area contributed by atoms with Crippen molar-refractivity contribution in [2.24, 2.45) is 0 Å². The predicted molar refractivity (Wildman–Crippen MR) is 127 cm³/mol. The standard InChI is InChI=1S/C27H25NO4/c1-17-8-11-25(31)27(14-17)32-26-7-5-4-6-22(26)28(20-9-12-23(29)18(2)15-20)21-10-13-24(30)19(3)16-21/h4-16,29-31H,1-3H3. The van der Waals surface area contributed by atoms with Crippen LogP contribution in [0.5, 0.6) is 28.7 Å². The summed E-state index contributed by atoms with van der Waals surface area (Å²) >= 11 is 0. The Kier molecular flexibility index (Phi) is 5.65. The maximum absolute atomic E-state index is 10.3. The van der Waals surface area contributed by atoms with E-state index in [-0.39, 0.29) is 17.2 Å².